The lowest BCUT2D eigenvalue weighted by Gasteiger charge is -2.33. The fourth-order valence-electron chi connectivity index (χ4n) is 2.31. The Morgan fingerprint density at radius 3 is 2.69 bits per heavy atom. The third-order valence-corrected chi connectivity index (χ3v) is 3.56. The zero-order valence-electron chi connectivity index (χ0n) is 9.25. The molecule has 0 radical (unpaired) electrons. The molecule has 1 heterocycles. The van der Waals surface area contributed by atoms with E-state index in [1.54, 1.807) is 18.3 Å². The molecule has 2 N–H and O–H groups in total. The van der Waals surface area contributed by atoms with E-state index in [1.807, 2.05) is 4.57 Å². The van der Waals surface area contributed by atoms with Gasteiger partial charge in [-0.25, -0.2) is 0 Å². The quantitative estimate of drug-likeness (QED) is 0.766. The van der Waals surface area contributed by atoms with Crippen molar-refractivity contribution in [2.24, 2.45) is 0 Å². The molecule has 0 saturated heterocycles. The summed E-state index contributed by atoms with van der Waals surface area (Å²) < 4.78 is 1.82. The first-order valence-corrected chi connectivity index (χ1v) is 6.10. The van der Waals surface area contributed by atoms with Crippen LogP contribution in [0.3, 0.4) is 0 Å². The van der Waals surface area contributed by atoms with Gasteiger partial charge in [-0.2, -0.15) is 0 Å². The van der Waals surface area contributed by atoms with E-state index in [9.17, 15) is 5.11 Å². The zero-order valence-corrected chi connectivity index (χ0v) is 10.0. The molecule has 2 rings (SSSR count). The Morgan fingerprint density at radius 2 is 2.06 bits per heavy atom. The van der Waals surface area contributed by atoms with Gasteiger partial charge in [-0.15, -0.1) is 0 Å². The van der Waals surface area contributed by atoms with E-state index in [1.165, 1.54) is 6.42 Å². The van der Waals surface area contributed by atoms with Crippen LogP contribution in [0.2, 0.25) is 5.15 Å². The number of nitrogens with zero attached hydrogens (tertiary/aromatic N) is 1. The van der Waals surface area contributed by atoms with Crippen LogP contribution < -0.4 is 5.36 Å². The Hall–Kier alpha value is -0.800. The van der Waals surface area contributed by atoms with Gasteiger partial charge >= 0.3 is 0 Å². The normalized spacial score (nSPS) is 19.6. The molecule has 1 aliphatic rings. The first-order valence-electron chi connectivity index (χ1n) is 5.72. The van der Waals surface area contributed by atoms with Crippen molar-refractivity contribution in [1.29, 1.82) is 5.41 Å². The molecule has 1 fully saturated rings. The van der Waals surface area contributed by atoms with Crippen LogP contribution in [0.4, 0.5) is 0 Å². The van der Waals surface area contributed by atoms with E-state index in [4.69, 9.17) is 17.0 Å². The van der Waals surface area contributed by atoms with Crippen molar-refractivity contribution in [2.75, 3.05) is 0 Å². The van der Waals surface area contributed by atoms with Crippen LogP contribution in [0.25, 0.3) is 0 Å². The molecule has 1 aromatic heterocycles. The third-order valence-electron chi connectivity index (χ3n) is 3.23. The summed E-state index contributed by atoms with van der Waals surface area (Å²) in [4.78, 5) is 0. The molecule has 0 spiro atoms. The van der Waals surface area contributed by atoms with Crippen molar-refractivity contribution in [1.82, 2.24) is 4.57 Å². The highest BCUT2D eigenvalue weighted by molar-refractivity contribution is 6.29. The zero-order chi connectivity index (χ0) is 11.6. The van der Waals surface area contributed by atoms with Crippen molar-refractivity contribution < 1.29 is 5.11 Å². The number of hydrogen-bond donors (Lipinski definition) is 2. The number of nitrogens with one attached hydrogen (secondary N) is 1. The van der Waals surface area contributed by atoms with Gasteiger partial charge < -0.3 is 15.1 Å². The Balaban J connectivity index is 2.16. The molecule has 1 aromatic rings. The fraction of sp³-hybridized carbons (Fsp3) is 0.583. The van der Waals surface area contributed by atoms with Crippen molar-refractivity contribution in [3.63, 3.8) is 0 Å². The lowest BCUT2D eigenvalue weighted by atomic mass is 9.85. The molecular formula is C12H17ClN2O. The molecule has 0 atom stereocenters. The average Bonchev–Trinajstić information content (AvgIpc) is 2.23. The van der Waals surface area contributed by atoms with Crippen LogP contribution >= 0.6 is 11.6 Å². The van der Waals surface area contributed by atoms with Crippen molar-refractivity contribution in [2.45, 2.75) is 44.2 Å². The number of halogens is 1. The monoisotopic (exact) mass is 240 g/mol. The number of aromatic nitrogens is 1. The van der Waals surface area contributed by atoms with Gasteiger partial charge in [0.2, 0.25) is 0 Å². The second kappa shape index (κ2) is 4.60. The Morgan fingerprint density at radius 1 is 1.38 bits per heavy atom. The Kier molecular flexibility index (Phi) is 3.36. The molecule has 1 aliphatic carbocycles. The van der Waals surface area contributed by atoms with Gasteiger partial charge in [-0.1, -0.05) is 30.9 Å². The van der Waals surface area contributed by atoms with Crippen LogP contribution in [-0.4, -0.2) is 15.3 Å². The Bertz CT molecular complexity index is 421. The minimum absolute atomic E-state index is 0.400. The molecule has 16 heavy (non-hydrogen) atoms. The van der Waals surface area contributed by atoms with Gasteiger partial charge in [0.05, 0.1) is 17.5 Å². The minimum Gasteiger partial charge on any atom is -0.388 e. The molecule has 1 saturated carbocycles. The summed E-state index contributed by atoms with van der Waals surface area (Å²) in [5.41, 5.74) is -0.615. The maximum Gasteiger partial charge on any atom is 0.111 e. The third kappa shape index (κ3) is 2.66. The molecule has 0 aromatic carbocycles. The number of aliphatic hydroxyl groups is 1. The van der Waals surface area contributed by atoms with Crippen LogP contribution in [0.5, 0.6) is 0 Å². The maximum absolute atomic E-state index is 10.4. The van der Waals surface area contributed by atoms with E-state index in [0.29, 0.717) is 17.1 Å². The summed E-state index contributed by atoms with van der Waals surface area (Å²) in [5, 5.41) is 18.8. The summed E-state index contributed by atoms with van der Waals surface area (Å²) in [6.45, 7) is 0.534. The fourth-order valence-corrected chi connectivity index (χ4v) is 2.55. The van der Waals surface area contributed by atoms with Crippen LogP contribution in [0.15, 0.2) is 18.3 Å². The first-order chi connectivity index (χ1) is 7.59. The first kappa shape index (κ1) is 11.7. The van der Waals surface area contributed by atoms with Gasteiger partial charge in [0.25, 0.3) is 0 Å². The number of hydrogen-bond acceptors (Lipinski definition) is 2. The standard InChI is InChI=1S/C12H17ClN2O/c13-11-8-10(14)4-7-15(11)9-12(16)5-2-1-3-6-12/h4,7-8,14,16H,1-3,5-6,9H2. The smallest absolute Gasteiger partial charge is 0.111 e. The average molecular weight is 241 g/mol. The summed E-state index contributed by atoms with van der Waals surface area (Å²) >= 11 is 6.04. The second-order valence-electron chi connectivity index (χ2n) is 4.65. The SMILES string of the molecule is N=c1ccn(CC2(O)CCCCC2)c(Cl)c1. The lowest BCUT2D eigenvalue weighted by Crippen LogP contribution is -2.36. The van der Waals surface area contributed by atoms with E-state index in [0.717, 1.165) is 25.7 Å². The van der Waals surface area contributed by atoms with Crippen molar-refractivity contribution in [3.05, 3.63) is 28.8 Å². The lowest BCUT2D eigenvalue weighted by molar-refractivity contribution is -0.0115. The molecule has 88 valence electrons. The van der Waals surface area contributed by atoms with E-state index < -0.39 is 5.60 Å². The number of rotatable bonds is 2. The molecule has 0 aliphatic heterocycles. The van der Waals surface area contributed by atoms with E-state index in [-0.39, 0.29) is 0 Å². The molecule has 3 nitrogen and oxygen atoms in total. The summed E-state index contributed by atoms with van der Waals surface area (Å²) in [6.07, 6.45) is 6.86. The topological polar surface area (TPSA) is 49.0 Å². The predicted octanol–water partition coefficient (Wildman–Crippen LogP) is 2.32. The summed E-state index contributed by atoms with van der Waals surface area (Å²) in [7, 11) is 0. The van der Waals surface area contributed by atoms with E-state index in [2.05, 4.69) is 0 Å². The van der Waals surface area contributed by atoms with Crippen molar-refractivity contribution in [3.8, 4) is 0 Å². The predicted molar refractivity (Wildman–Crippen MR) is 63.3 cm³/mol. The molecule has 0 amide bonds. The van der Waals surface area contributed by atoms with Gasteiger partial charge in [0.15, 0.2) is 0 Å². The second-order valence-corrected chi connectivity index (χ2v) is 5.04. The highest BCUT2D eigenvalue weighted by atomic mass is 35.5. The minimum atomic E-state index is -0.615. The molecule has 0 unspecified atom stereocenters. The highest BCUT2D eigenvalue weighted by Crippen LogP contribution is 2.30. The van der Waals surface area contributed by atoms with Gasteiger partial charge in [0.1, 0.15) is 5.15 Å². The largest absolute Gasteiger partial charge is 0.388 e. The van der Waals surface area contributed by atoms with Gasteiger partial charge in [-0.05, 0) is 25.0 Å². The van der Waals surface area contributed by atoms with Crippen LogP contribution in [-0.2, 0) is 6.54 Å². The molecule has 4 heteroatoms. The van der Waals surface area contributed by atoms with Gasteiger partial charge in [-0.3, -0.25) is 0 Å². The summed E-state index contributed by atoms with van der Waals surface area (Å²) in [6, 6.07) is 3.30. The maximum atomic E-state index is 10.4. The van der Waals surface area contributed by atoms with Crippen LogP contribution in [0, 0.1) is 5.41 Å². The van der Waals surface area contributed by atoms with Crippen molar-refractivity contribution >= 4 is 11.6 Å². The summed E-state index contributed by atoms with van der Waals surface area (Å²) in [5.74, 6) is 0. The van der Waals surface area contributed by atoms with Gasteiger partial charge in [0, 0.05) is 6.20 Å². The molecular weight excluding hydrogens is 224 g/mol. The number of pyridine rings is 1. The van der Waals surface area contributed by atoms with E-state index >= 15 is 0 Å². The highest BCUT2D eigenvalue weighted by Gasteiger charge is 2.29. The Labute approximate surface area is 100 Å². The van der Waals surface area contributed by atoms with Crippen LogP contribution in [0.1, 0.15) is 32.1 Å². The molecule has 0 bridgehead atoms.